The Bertz CT molecular complexity index is 648. The number of benzene rings is 2. The van der Waals surface area contributed by atoms with E-state index in [0.29, 0.717) is 5.56 Å². The molecule has 2 rings (SSSR count). The van der Waals surface area contributed by atoms with Crippen molar-refractivity contribution in [3.8, 4) is 0 Å². The van der Waals surface area contributed by atoms with Crippen molar-refractivity contribution < 1.29 is 13.6 Å². The number of allylic oxidation sites excluding steroid dienone is 1. The molecular weight excluding hydrogens is 278 g/mol. The van der Waals surface area contributed by atoms with Crippen molar-refractivity contribution in [3.05, 3.63) is 71.3 Å². The summed E-state index contributed by atoms with van der Waals surface area (Å²) >= 11 is 1.58. The van der Waals surface area contributed by atoms with Crippen molar-refractivity contribution in [3.63, 3.8) is 0 Å². The van der Waals surface area contributed by atoms with E-state index >= 15 is 0 Å². The first-order chi connectivity index (χ1) is 9.60. The standard InChI is InChI=1S/C16H12F2OS/c1-20-14-6-2-11(3-7-14)16(19)9-4-12-10-13(17)5-8-15(12)18/h2-10H,1H3/b9-4+. The minimum Gasteiger partial charge on any atom is -0.289 e. The van der Waals surface area contributed by atoms with Crippen LogP contribution < -0.4 is 0 Å². The van der Waals surface area contributed by atoms with Crippen molar-refractivity contribution in [2.45, 2.75) is 4.90 Å². The second-order valence-electron chi connectivity index (χ2n) is 4.09. The second kappa shape index (κ2) is 6.48. The fourth-order valence-electron chi connectivity index (χ4n) is 1.66. The maximum absolute atomic E-state index is 13.4. The highest BCUT2D eigenvalue weighted by molar-refractivity contribution is 7.98. The molecule has 2 aromatic rings. The molecule has 0 saturated carbocycles. The van der Waals surface area contributed by atoms with Gasteiger partial charge in [-0.1, -0.05) is 0 Å². The Morgan fingerprint density at radius 1 is 1.10 bits per heavy atom. The summed E-state index contributed by atoms with van der Waals surface area (Å²) in [7, 11) is 0. The van der Waals surface area contributed by atoms with Gasteiger partial charge in [-0.2, -0.15) is 0 Å². The molecule has 0 fully saturated rings. The normalized spacial score (nSPS) is 10.9. The molecule has 0 aliphatic rings. The molecule has 0 bridgehead atoms. The number of halogens is 2. The summed E-state index contributed by atoms with van der Waals surface area (Å²) in [5.41, 5.74) is 0.565. The zero-order valence-corrected chi connectivity index (χ0v) is 11.6. The number of ketones is 1. The average Bonchev–Trinajstić information content (AvgIpc) is 2.48. The van der Waals surface area contributed by atoms with Gasteiger partial charge in [-0.05, 0) is 60.9 Å². The van der Waals surface area contributed by atoms with Crippen molar-refractivity contribution in [1.82, 2.24) is 0 Å². The smallest absolute Gasteiger partial charge is 0.185 e. The van der Waals surface area contributed by atoms with Crippen LogP contribution in [0, 0.1) is 11.6 Å². The Morgan fingerprint density at radius 3 is 2.45 bits per heavy atom. The highest BCUT2D eigenvalue weighted by atomic mass is 32.2. The van der Waals surface area contributed by atoms with Gasteiger partial charge in [0, 0.05) is 16.0 Å². The molecule has 0 aromatic heterocycles. The van der Waals surface area contributed by atoms with Crippen LogP contribution in [0.1, 0.15) is 15.9 Å². The molecule has 0 amide bonds. The molecular formula is C16H12F2OS. The van der Waals surface area contributed by atoms with Gasteiger partial charge in [0.05, 0.1) is 0 Å². The maximum atomic E-state index is 13.4. The van der Waals surface area contributed by atoms with Crippen LogP contribution in [0.15, 0.2) is 53.4 Å². The fourth-order valence-corrected chi connectivity index (χ4v) is 2.07. The lowest BCUT2D eigenvalue weighted by molar-refractivity contribution is 0.104. The van der Waals surface area contributed by atoms with Gasteiger partial charge in [0.25, 0.3) is 0 Å². The monoisotopic (exact) mass is 290 g/mol. The number of thioether (sulfide) groups is 1. The SMILES string of the molecule is CSc1ccc(C(=O)/C=C/c2cc(F)ccc2F)cc1. The largest absolute Gasteiger partial charge is 0.289 e. The van der Waals surface area contributed by atoms with E-state index in [0.717, 1.165) is 23.1 Å². The van der Waals surface area contributed by atoms with Crippen LogP contribution in [0.4, 0.5) is 8.78 Å². The molecule has 0 unspecified atom stereocenters. The molecule has 1 nitrogen and oxygen atoms in total. The summed E-state index contributed by atoms with van der Waals surface area (Å²) in [6.45, 7) is 0. The molecule has 20 heavy (non-hydrogen) atoms. The highest BCUT2D eigenvalue weighted by Crippen LogP contribution is 2.16. The summed E-state index contributed by atoms with van der Waals surface area (Å²) in [5.74, 6) is -1.35. The molecule has 2 aromatic carbocycles. The van der Waals surface area contributed by atoms with Crippen molar-refractivity contribution >= 4 is 23.6 Å². The first kappa shape index (κ1) is 14.5. The Kier molecular flexibility index (Phi) is 4.69. The molecule has 0 spiro atoms. The van der Waals surface area contributed by atoms with E-state index in [1.165, 1.54) is 12.2 Å². The van der Waals surface area contributed by atoms with Gasteiger partial charge in [-0.3, -0.25) is 4.79 Å². The van der Waals surface area contributed by atoms with Gasteiger partial charge >= 0.3 is 0 Å². The first-order valence-corrected chi connectivity index (χ1v) is 7.14. The summed E-state index contributed by atoms with van der Waals surface area (Å²) in [6, 6.07) is 10.2. The molecule has 4 heteroatoms. The number of carbonyl (C=O) groups excluding carboxylic acids is 1. The molecule has 0 radical (unpaired) electrons. The molecule has 0 atom stereocenters. The highest BCUT2D eigenvalue weighted by Gasteiger charge is 2.04. The van der Waals surface area contributed by atoms with E-state index in [-0.39, 0.29) is 11.3 Å². The predicted molar refractivity (Wildman–Crippen MR) is 77.9 cm³/mol. The van der Waals surface area contributed by atoms with E-state index in [1.54, 1.807) is 23.9 Å². The van der Waals surface area contributed by atoms with E-state index in [1.807, 2.05) is 18.4 Å². The summed E-state index contributed by atoms with van der Waals surface area (Å²) < 4.78 is 26.4. The number of hydrogen-bond acceptors (Lipinski definition) is 2. The Hall–Kier alpha value is -1.94. The van der Waals surface area contributed by atoms with Gasteiger partial charge in [0.1, 0.15) is 11.6 Å². The lowest BCUT2D eigenvalue weighted by Crippen LogP contribution is -1.94. The van der Waals surface area contributed by atoms with Crippen LogP contribution >= 0.6 is 11.8 Å². The Balaban J connectivity index is 2.17. The molecule has 0 N–H and O–H groups in total. The maximum Gasteiger partial charge on any atom is 0.185 e. The summed E-state index contributed by atoms with van der Waals surface area (Å²) in [4.78, 5) is 13.0. The minimum absolute atomic E-state index is 0.0547. The van der Waals surface area contributed by atoms with Gasteiger partial charge in [0.15, 0.2) is 5.78 Å². The molecule has 0 saturated heterocycles. The van der Waals surface area contributed by atoms with Gasteiger partial charge in [-0.15, -0.1) is 11.8 Å². The fraction of sp³-hybridized carbons (Fsp3) is 0.0625. The van der Waals surface area contributed by atoms with Gasteiger partial charge in [0.2, 0.25) is 0 Å². The third kappa shape index (κ3) is 3.54. The van der Waals surface area contributed by atoms with E-state index < -0.39 is 11.6 Å². The van der Waals surface area contributed by atoms with Crippen LogP contribution in [0.25, 0.3) is 6.08 Å². The van der Waals surface area contributed by atoms with Gasteiger partial charge in [-0.25, -0.2) is 8.78 Å². The lowest BCUT2D eigenvalue weighted by atomic mass is 10.1. The Labute approximate surface area is 120 Å². The number of carbonyl (C=O) groups is 1. The zero-order valence-electron chi connectivity index (χ0n) is 10.8. The minimum atomic E-state index is -0.562. The lowest BCUT2D eigenvalue weighted by Gasteiger charge is -1.99. The third-order valence-electron chi connectivity index (χ3n) is 2.75. The quantitative estimate of drug-likeness (QED) is 0.465. The molecule has 0 aliphatic carbocycles. The third-order valence-corrected chi connectivity index (χ3v) is 3.49. The number of hydrogen-bond donors (Lipinski definition) is 0. The van der Waals surface area contributed by atoms with E-state index in [2.05, 4.69) is 0 Å². The van der Waals surface area contributed by atoms with Crippen molar-refractivity contribution in [1.29, 1.82) is 0 Å². The summed E-state index contributed by atoms with van der Waals surface area (Å²) in [5, 5.41) is 0. The molecule has 0 aliphatic heterocycles. The summed E-state index contributed by atoms with van der Waals surface area (Å²) in [6.07, 6.45) is 4.47. The van der Waals surface area contributed by atoms with Crippen LogP contribution in [-0.4, -0.2) is 12.0 Å². The number of rotatable bonds is 4. The van der Waals surface area contributed by atoms with Crippen LogP contribution in [0.2, 0.25) is 0 Å². The molecule has 0 heterocycles. The van der Waals surface area contributed by atoms with E-state index in [4.69, 9.17) is 0 Å². The first-order valence-electron chi connectivity index (χ1n) is 5.91. The van der Waals surface area contributed by atoms with E-state index in [9.17, 15) is 13.6 Å². The molecule has 102 valence electrons. The Morgan fingerprint density at radius 2 is 1.80 bits per heavy atom. The average molecular weight is 290 g/mol. The van der Waals surface area contributed by atoms with Crippen LogP contribution in [-0.2, 0) is 0 Å². The zero-order chi connectivity index (χ0) is 14.5. The second-order valence-corrected chi connectivity index (χ2v) is 4.97. The van der Waals surface area contributed by atoms with Gasteiger partial charge < -0.3 is 0 Å². The topological polar surface area (TPSA) is 17.1 Å². The van der Waals surface area contributed by atoms with Crippen LogP contribution in [0.5, 0.6) is 0 Å². The van der Waals surface area contributed by atoms with Crippen molar-refractivity contribution in [2.24, 2.45) is 0 Å². The van der Waals surface area contributed by atoms with Crippen LogP contribution in [0.3, 0.4) is 0 Å². The predicted octanol–water partition coefficient (Wildman–Crippen LogP) is 4.58. The van der Waals surface area contributed by atoms with Crippen molar-refractivity contribution in [2.75, 3.05) is 6.26 Å².